The molecule has 3 N–H and O–H groups in total. The van der Waals surface area contributed by atoms with Gasteiger partial charge in [-0.2, -0.15) is 0 Å². The van der Waals surface area contributed by atoms with Gasteiger partial charge in [-0.1, -0.05) is 0 Å². The monoisotopic (exact) mass is 288 g/mol. The van der Waals surface area contributed by atoms with Crippen LogP contribution in [0.2, 0.25) is 0 Å². The molecule has 0 aliphatic heterocycles. The molecule has 1 heterocycles. The molecule has 6 nitrogen and oxygen atoms in total. The van der Waals surface area contributed by atoms with Crippen LogP contribution in [0.25, 0.3) is 0 Å². The summed E-state index contributed by atoms with van der Waals surface area (Å²) < 4.78 is 9.72. The first-order chi connectivity index (χ1) is 8.52. The lowest BCUT2D eigenvalue weighted by Gasteiger charge is -2.07. The van der Waals surface area contributed by atoms with E-state index in [9.17, 15) is 9.59 Å². The number of hydrogen-bond donors (Lipinski definition) is 2. The van der Waals surface area contributed by atoms with Gasteiger partial charge in [-0.15, -0.1) is 12.4 Å². The van der Waals surface area contributed by atoms with E-state index in [2.05, 4.69) is 10.1 Å². The molecule has 1 aromatic heterocycles. The molecule has 0 aromatic carbocycles. The van der Waals surface area contributed by atoms with E-state index >= 15 is 0 Å². The maximum atomic E-state index is 11.5. The highest BCUT2D eigenvalue weighted by Crippen LogP contribution is 2.35. The fraction of sp³-hybridized carbons (Fsp3) is 0.500. The van der Waals surface area contributed by atoms with Crippen molar-refractivity contribution in [2.45, 2.75) is 31.3 Å². The largest absolute Gasteiger partial charge is 0.463 e. The summed E-state index contributed by atoms with van der Waals surface area (Å²) in [6.07, 6.45) is 2.12. The van der Waals surface area contributed by atoms with E-state index in [1.807, 2.05) is 0 Å². The highest BCUT2D eigenvalue weighted by molar-refractivity contribution is 5.86. The number of furan rings is 1. The molecule has 2 rings (SSSR count). The van der Waals surface area contributed by atoms with Crippen LogP contribution in [0, 0.1) is 0 Å². The number of nitrogens with two attached hydrogens (primary N) is 1. The van der Waals surface area contributed by atoms with Gasteiger partial charge >= 0.3 is 5.97 Å². The summed E-state index contributed by atoms with van der Waals surface area (Å²) in [7, 11) is 1.28. The van der Waals surface area contributed by atoms with Crippen molar-refractivity contribution in [3.63, 3.8) is 0 Å². The van der Waals surface area contributed by atoms with E-state index in [1.54, 1.807) is 6.07 Å². The van der Waals surface area contributed by atoms with Gasteiger partial charge in [0, 0.05) is 12.0 Å². The van der Waals surface area contributed by atoms with Crippen LogP contribution < -0.4 is 11.1 Å². The third kappa shape index (κ3) is 4.25. The zero-order valence-corrected chi connectivity index (χ0v) is 11.4. The zero-order valence-electron chi connectivity index (χ0n) is 10.6. The molecule has 106 valence electrons. The summed E-state index contributed by atoms with van der Waals surface area (Å²) >= 11 is 0. The summed E-state index contributed by atoms with van der Waals surface area (Å²) in [5, 5.41) is 2.70. The van der Waals surface area contributed by atoms with Crippen LogP contribution in [-0.2, 0) is 16.1 Å². The predicted octanol–water partition coefficient (Wildman–Crippen LogP) is 0.986. The highest BCUT2D eigenvalue weighted by atomic mass is 35.5. The predicted molar refractivity (Wildman–Crippen MR) is 69.9 cm³/mol. The van der Waals surface area contributed by atoms with Gasteiger partial charge in [-0.3, -0.25) is 4.79 Å². The Labute approximate surface area is 117 Å². The third-order valence-electron chi connectivity index (χ3n) is 2.91. The number of carbonyl (C=O) groups is 2. The number of esters is 1. The number of halogens is 1. The average Bonchev–Trinajstić information content (AvgIpc) is 2.90. The standard InChI is InChI=1S/C12H16N2O4.ClH/c1-17-11(16)9-3-2-8(18-9)7-14-10(15)6-12(13)4-5-12;/h2-3H,4-7,13H2,1H3,(H,14,15);1H. The molecule has 0 spiro atoms. The Morgan fingerprint density at radius 2 is 2.16 bits per heavy atom. The molecule has 19 heavy (non-hydrogen) atoms. The molecule has 7 heteroatoms. The van der Waals surface area contributed by atoms with Crippen molar-refractivity contribution in [1.29, 1.82) is 0 Å². The van der Waals surface area contributed by atoms with Crippen molar-refractivity contribution >= 4 is 24.3 Å². The molecule has 0 unspecified atom stereocenters. The van der Waals surface area contributed by atoms with E-state index in [-0.39, 0.29) is 36.2 Å². The molecule has 1 aromatic rings. The second kappa shape index (κ2) is 6.08. The second-order valence-electron chi connectivity index (χ2n) is 4.57. The topological polar surface area (TPSA) is 94.6 Å². The van der Waals surface area contributed by atoms with Gasteiger partial charge in [0.1, 0.15) is 5.76 Å². The lowest BCUT2D eigenvalue weighted by Crippen LogP contribution is -2.32. The van der Waals surface area contributed by atoms with E-state index < -0.39 is 5.97 Å². The maximum Gasteiger partial charge on any atom is 0.373 e. The number of hydrogen-bond acceptors (Lipinski definition) is 5. The number of nitrogens with one attached hydrogen (secondary N) is 1. The van der Waals surface area contributed by atoms with Gasteiger partial charge in [0.2, 0.25) is 11.7 Å². The van der Waals surface area contributed by atoms with Gasteiger partial charge in [0.15, 0.2) is 0 Å². The molecule has 1 aliphatic carbocycles. The van der Waals surface area contributed by atoms with Crippen LogP contribution in [0.4, 0.5) is 0 Å². The van der Waals surface area contributed by atoms with Gasteiger partial charge in [-0.05, 0) is 25.0 Å². The summed E-state index contributed by atoms with van der Waals surface area (Å²) in [6.45, 7) is 0.242. The number of amides is 1. The van der Waals surface area contributed by atoms with Crippen molar-refractivity contribution in [3.05, 3.63) is 23.7 Å². The number of ether oxygens (including phenoxy) is 1. The molecule has 1 saturated carbocycles. The number of carbonyl (C=O) groups excluding carboxylic acids is 2. The fourth-order valence-corrected chi connectivity index (χ4v) is 1.59. The molecule has 0 atom stereocenters. The molecular weight excluding hydrogens is 272 g/mol. The van der Waals surface area contributed by atoms with Crippen molar-refractivity contribution < 1.29 is 18.7 Å². The quantitative estimate of drug-likeness (QED) is 0.788. The Morgan fingerprint density at radius 1 is 1.47 bits per heavy atom. The number of methoxy groups -OCH3 is 1. The summed E-state index contributed by atoms with van der Waals surface area (Å²) in [4.78, 5) is 22.7. The molecule has 1 aliphatic rings. The summed E-state index contributed by atoms with van der Waals surface area (Å²) in [5.74, 6) is -0.0117. The molecule has 0 saturated heterocycles. The Morgan fingerprint density at radius 3 is 2.74 bits per heavy atom. The third-order valence-corrected chi connectivity index (χ3v) is 2.91. The van der Waals surface area contributed by atoms with E-state index in [0.717, 1.165) is 12.8 Å². The first kappa shape index (κ1) is 15.5. The maximum absolute atomic E-state index is 11.5. The Hall–Kier alpha value is -1.53. The highest BCUT2D eigenvalue weighted by Gasteiger charge is 2.39. The Kier molecular flexibility index (Phi) is 4.97. The Bertz CT molecular complexity index is 468. The van der Waals surface area contributed by atoms with Gasteiger partial charge in [-0.25, -0.2) is 4.79 Å². The summed E-state index contributed by atoms with van der Waals surface area (Å²) in [6, 6.07) is 3.14. The Balaban J connectivity index is 0.00000180. The first-order valence-electron chi connectivity index (χ1n) is 5.75. The average molecular weight is 289 g/mol. The van der Waals surface area contributed by atoms with Crippen LogP contribution in [0.1, 0.15) is 35.6 Å². The first-order valence-corrected chi connectivity index (χ1v) is 5.75. The lowest BCUT2D eigenvalue weighted by molar-refractivity contribution is -0.121. The minimum Gasteiger partial charge on any atom is -0.463 e. The second-order valence-corrected chi connectivity index (χ2v) is 4.57. The minimum atomic E-state index is -0.536. The van der Waals surface area contributed by atoms with Gasteiger partial charge in [0.25, 0.3) is 0 Å². The SMILES string of the molecule is COC(=O)c1ccc(CNC(=O)CC2(N)CC2)o1.Cl. The fourth-order valence-electron chi connectivity index (χ4n) is 1.59. The van der Waals surface area contributed by atoms with E-state index in [0.29, 0.717) is 12.2 Å². The van der Waals surface area contributed by atoms with Crippen LogP contribution in [0.3, 0.4) is 0 Å². The smallest absolute Gasteiger partial charge is 0.373 e. The van der Waals surface area contributed by atoms with Crippen molar-refractivity contribution in [2.24, 2.45) is 5.73 Å². The van der Waals surface area contributed by atoms with Crippen LogP contribution in [0.5, 0.6) is 0 Å². The lowest BCUT2D eigenvalue weighted by atomic mass is 10.2. The van der Waals surface area contributed by atoms with Crippen molar-refractivity contribution in [1.82, 2.24) is 5.32 Å². The molecule has 0 bridgehead atoms. The molecular formula is C12H17ClN2O4. The number of rotatable bonds is 5. The van der Waals surface area contributed by atoms with E-state index in [1.165, 1.54) is 13.2 Å². The van der Waals surface area contributed by atoms with Crippen molar-refractivity contribution in [3.8, 4) is 0 Å². The molecule has 1 amide bonds. The van der Waals surface area contributed by atoms with Crippen molar-refractivity contribution in [2.75, 3.05) is 7.11 Å². The minimum absolute atomic E-state index is 0. The van der Waals surface area contributed by atoms with Crippen LogP contribution in [0.15, 0.2) is 16.5 Å². The zero-order chi connectivity index (χ0) is 13.2. The molecule has 1 fully saturated rings. The molecule has 0 radical (unpaired) electrons. The summed E-state index contributed by atoms with van der Waals surface area (Å²) in [5.41, 5.74) is 5.53. The van der Waals surface area contributed by atoms with Crippen LogP contribution in [-0.4, -0.2) is 24.5 Å². The van der Waals surface area contributed by atoms with E-state index in [4.69, 9.17) is 10.2 Å². The van der Waals surface area contributed by atoms with Gasteiger partial charge < -0.3 is 20.2 Å². The van der Waals surface area contributed by atoms with Crippen LogP contribution >= 0.6 is 12.4 Å². The van der Waals surface area contributed by atoms with Gasteiger partial charge in [0.05, 0.1) is 13.7 Å². The normalized spacial score (nSPS) is 15.3.